The molecule has 6 nitrogen and oxygen atoms in total. The van der Waals surface area contributed by atoms with E-state index in [1.54, 1.807) is 36.4 Å². The molecule has 4 rings (SSSR count). The Kier molecular flexibility index (Phi) is 6.33. The van der Waals surface area contributed by atoms with E-state index in [-0.39, 0.29) is 23.3 Å². The maximum absolute atomic E-state index is 13.1. The predicted molar refractivity (Wildman–Crippen MR) is 123 cm³/mol. The van der Waals surface area contributed by atoms with E-state index in [0.29, 0.717) is 23.2 Å². The highest BCUT2D eigenvalue weighted by molar-refractivity contribution is 8.14. The molecule has 0 saturated heterocycles. The fraction of sp³-hybridized carbons (Fsp3) is 0.125. The minimum absolute atomic E-state index is 0.0412. The molecule has 3 aromatic rings. The summed E-state index contributed by atoms with van der Waals surface area (Å²) >= 11 is 1.25. The number of carbonyl (C=O) groups is 2. The lowest BCUT2D eigenvalue weighted by Crippen LogP contribution is -2.32. The van der Waals surface area contributed by atoms with Crippen molar-refractivity contribution in [3.8, 4) is 0 Å². The molecule has 0 saturated carbocycles. The molecule has 0 N–H and O–H groups in total. The standard InChI is InChI=1S/C24H21N3O3S/c1-26(16-18-9-4-2-5-10-18)22(28)17-31-24-25-21(15-20-13-8-14-30-20)23(29)27(24)19-11-6-3-7-12-19/h2-15H,16-17H2,1H3/b21-15+. The number of rotatable bonds is 6. The minimum Gasteiger partial charge on any atom is -0.465 e. The first-order valence-electron chi connectivity index (χ1n) is 9.76. The maximum atomic E-state index is 13.1. The molecule has 0 atom stereocenters. The van der Waals surface area contributed by atoms with Gasteiger partial charge in [0.2, 0.25) is 5.91 Å². The molecule has 2 heterocycles. The van der Waals surface area contributed by atoms with Crippen molar-refractivity contribution in [2.75, 3.05) is 17.7 Å². The third-order valence-corrected chi connectivity index (χ3v) is 5.60. The summed E-state index contributed by atoms with van der Waals surface area (Å²) in [4.78, 5) is 33.4. The molecule has 0 bridgehead atoms. The molecule has 0 fully saturated rings. The Hall–Kier alpha value is -3.58. The summed E-state index contributed by atoms with van der Waals surface area (Å²) in [5.41, 5.74) is 2.03. The van der Waals surface area contributed by atoms with Crippen LogP contribution in [0.15, 0.2) is 94.2 Å². The van der Waals surface area contributed by atoms with Crippen LogP contribution in [0.25, 0.3) is 6.08 Å². The van der Waals surface area contributed by atoms with Crippen molar-refractivity contribution < 1.29 is 14.0 Å². The molecule has 156 valence electrons. The van der Waals surface area contributed by atoms with Crippen molar-refractivity contribution in [3.05, 3.63) is 96.1 Å². The zero-order valence-corrected chi connectivity index (χ0v) is 17.8. The number of benzene rings is 2. The fourth-order valence-electron chi connectivity index (χ4n) is 3.09. The summed E-state index contributed by atoms with van der Waals surface area (Å²) in [7, 11) is 1.77. The number of amidine groups is 1. The van der Waals surface area contributed by atoms with E-state index in [1.807, 2.05) is 60.7 Å². The second-order valence-electron chi connectivity index (χ2n) is 6.94. The van der Waals surface area contributed by atoms with Gasteiger partial charge in [0.25, 0.3) is 5.91 Å². The van der Waals surface area contributed by atoms with Gasteiger partial charge in [-0.1, -0.05) is 60.3 Å². The summed E-state index contributed by atoms with van der Waals surface area (Å²) in [6, 6.07) is 22.6. The zero-order chi connectivity index (χ0) is 21.6. The van der Waals surface area contributed by atoms with Crippen LogP contribution < -0.4 is 4.90 Å². The molecular weight excluding hydrogens is 410 g/mol. The molecule has 7 heteroatoms. The Morgan fingerprint density at radius 2 is 1.77 bits per heavy atom. The smallest absolute Gasteiger partial charge is 0.283 e. The van der Waals surface area contributed by atoms with Crippen LogP contribution in [0.5, 0.6) is 0 Å². The number of hydrogen-bond acceptors (Lipinski definition) is 5. The Balaban J connectivity index is 1.50. The molecular formula is C24H21N3O3S. The van der Waals surface area contributed by atoms with Crippen molar-refractivity contribution in [1.29, 1.82) is 0 Å². The lowest BCUT2D eigenvalue weighted by Gasteiger charge is -2.20. The Bertz CT molecular complexity index is 1110. The van der Waals surface area contributed by atoms with Gasteiger partial charge in [-0.2, -0.15) is 0 Å². The summed E-state index contributed by atoms with van der Waals surface area (Å²) < 4.78 is 5.32. The average Bonchev–Trinajstić information content (AvgIpc) is 3.41. The van der Waals surface area contributed by atoms with E-state index < -0.39 is 0 Å². The number of hydrogen-bond donors (Lipinski definition) is 0. The van der Waals surface area contributed by atoms with Gasteiger partial charge < -0.3 is 9.32 Å². The van der Waals surface area contributed by atoms with Crippen LogP contribution in [0, 0.1) is 0 Å². The van der Waals surface area contributed by atoms with Crippen LogP contribution in [0.1, 0.15) is 11.3 Å². The summed E-state index contributed by atoms with van der Waals surface area (Å²) in [5.74, 6) is 0.424. The normalized spacial score (nSPS) is 14.7. The number of anilines is 1. The van der Waals surface area contributed by atoms with Gasteiger partial charge in [-0.25, -0.2) is 4.99 Å². The van der Waals surface area contributed by atoms with E-state index in [2.05, 4.69) is 4.99 Å². The van der Waals surface area contributed by atoms with E-state index in [1.165, 1.54) is 16.7 Å². The molecule has 1 aliphatic rings. The van der Waals surface area contributed by atoms with Gasteiger partial charge in [-0.3, -0.25) is 14.5 Å². The largest absolute Gasteiger partial charge is 0.465 e. The highest BCUT2D eigenvalue weighted by Crippen LogP contribution is 2.29. The van der Waals surface area contributed by atoms with Crippen LogP contribution in [0.3, 0.4) is 0 Å². The third kappa shape index (κ3) is 4.95. The third-order valence-electron chi connectivity index (χ3n) is 4.68. The number of amides is 2. The molecule has 2 aromatic carbocycles. The quantitative estimate of drug-likeness (QED) is 0.542. The highest BCUT2D eigenvalue weighted by Gasteiger charge is 2.32. The van der Waals surface area contributed by atoms with Gasteiger partial charge in [-0.15, -0.1) is 0 Å². The van der Waals surface area contributed by atoms with Gasteiger partial charge in [0.1, 0.15) is 11.5 Å². The Labute approximate surface area is 184 Å². The average molecular weight is 432 g/mol. The molecule has 0 spiro atoms. The van der Waals surface area contributed by atoms with Crippen LogP contribution >= 0.6 is 11.8 Å². The first kappa shape index (κ1) is 20.7. The van der Waals surface area contributed by atoms with Crippen molar-refractivity contribution in [2.24, 2.45) is 4.99 Å². The summed E-state index contributed by atoms with van der Waals surface area (Å²) in [6.07, 6.45) is 3.15. The lowest BCUT2D eigenvalue weighted by molar-refractivity contribution is -0.127. The van der Waals surface area contributed by atoms with Crippen molar-refractivity contribution in [1.82, 2.24) is 4.90 Å². The topological polar surface area (TPSA) is 66.1 Å². The maximum Gasteiger partial charge on any atom is 0.283 e. The first-order valence-corrected chi connectivity index (χ1v) is 10.7. The fourth-order valence-corrected chi connectivity index (χ4v) is 4.04. The molecule has 31 heavy (non-hydrogen) atoms. The lowest BCUT2D eigenvalue weighted by atomic mass is 10.2. The van der Waals surface area contributed by atoms with Crippen LogP contribution in [0.4, 0.5) is 5.69 Å². The Morgan fingerprint density at radius 1 is 1.06 bits per heavy atom. The summed E-state index contributed by atoms with van der Waals surface area (Å²) in [6.45, 7) is 0.525. The number of thioether (sulfide) groups is 1. The van der Waals surface area contributed by atoms with Crippen molar-refractivity contribution >= 4 is 40.5 Å². The molecule has 1 aromatic heterocycles. The monoisotopic (exact) mass is 431 g/mol. The van der Waals surface area contributed by atoms with Gasteiger partial charge >= 0.3 is 0 Å². The molecule has 0 aliphatic carbocycles. The Morgan fingerprint density at radius 3 is 2.45 bits per heavy atom. The molecule has 0 radical (unpaired) electrons. The number of para-hydroxylation sites is 1. The number of aliphatic imine (C=N–C) groups is 1. The number of carbonyl (C=O) groups excluding carboxylic acids is 2. The van der Waals surface area contributed by atoms with E-state index in [4.69, 9.17) is 4.42 Å². The summed E-state index contributed by atoms with van der Waals surface area (Å²) in [5, 5.41) is 0.468. The number of nitrogens with zero attached hydrogens (tertiary/aromatic N) is 3. The molecule has 2 amide bonds. The van der Waals surface area contributed by atoms with Gasteiger partial charge in [0, 0.05) is 19.7 Å². The highest BCUT2D eigenvalue weighted by atomic mass is 32.2. The van der Waals surface area contributed by atoms with Crippen LogP contribution in [-0.4, -0.2) is 34.7 Å². The first-order chi connectivity index (χ1) is 15.1. The zero-order valence-electron chi connectivity index (χ0n) is 17.0. The van der Waals surface area contributed by atoms with Crippen LogP contribution in [0.2, 0.25) is 0 Å². The minimum atomic E-state index is -0.254. The van der Waals surface area contributed by atoms with Gasteiger partial charge in [0.15, 0.2) is 5.17 Å². The molecule has 1 aliphatic heterocycles. The van der Waals surface area contributed by atoms with E-state index in [0.717, 1.165) is 5.56 Å². The molecule has 0 unspecified atom stereocenters. The van der Waals surface area contributed by atoms with Crippen molar-refractivity contribution in [2.45, 2.75) is 6.54 Å². The second-order valence-corrected chi connectivity index (χ2v) is 7.88. The number of furan rings is 1. The second kappa shape index (κ2) is 9.49. The van der Waals surface area contributed by atoms with Gasteiger partial charge in [-0.05, 0) is 29.8 Å². The predicted octanol–water partition coefficient (Wildman–Crippen LogP) is 4.42. The van der Waals surface area contributed by atoms with Crippen LogP contribution in [-0.2, 0) is 16.1 Å². The van der Waals surface area contributed by atoms with Gasteiger partial charge in [0.05, 0.1) is 17.7 Å². The van der Waals surface area contributed by atoms with E-state index in [9.17, 15) is 9.59 Å². The van der Waals surface area contributed by atoms with E-state index >= 15 is 0 Å². The SMILES string of the molecule is CN(Cc1ccccc1)C(=O)CSC1=N/C(=C/c2ccco2)C(=O)N1c1ccccc1. The van der Waals surface area contributed by atoms with Crippen molar-refractivity contribution in [3.63, 3.8) is 0 Å².